The van der Waals surface area contributed by atoms with Gasteiger partial charge in [0.1, 0.15) is 6.04 Å². The van der Waals surface area contributed by atoms with Crippen LogP contribution in [-0.2, 0) is 21.6 Å². The van der Waals surface area contributed by atoms with Crippen LogP contribution in [0.4, 0.5) is 0 Å². The molecule has 29 heavy (non-hydrogen) atoms. The van der Waals surface area contributed by atoms with Gasteiger partial charge < -0.3 is 25.0 Å². The van der Waals surface area contributed by atoms with E-state index in [4.69, 9.17) is 15.4 Å². The van der Waals surface area contributed by atoms with E-state index >= 15 is 0 Å². The zero-order chi connectivity index (χ0) is 21.0. The van der Waals surface area contributed by atoms with Crippen LogP contribution in [0.25, 0.3) is 21.8 Å². The lowest BCUT2D eigenvalue weighted by Crippen LogP contribution is -2.32. The van der Waals surface area contributed by atoms with E-state index in [1.54, 1.807) is 24.3 Å². The normalized spacial score (nSPS) is 12.3. The lowest BCUT2D eigenvalue weighted by atomic mass is 10.1. The maximum atomic E-state index is 10.6. The fraction of sp³-hybridized carbons (Fsp3) is 0.105. The Kier molecular flexibility index (Phi) is 5.87. The number of aromatic nitrogens is 2. The van der Waals surface area contributed by atoms with Crippen molar-refractivity contribution >= 4 is 38.2 Å². The number of H-pyrrole nitrogens is 2. The molecule has 0 amide bonds. The van der Waals surface area contributed by atoms with E-state index in [0.717, 1.165) is 22.0 Å². The van der Waals surface area contributed by atoms with Crippen LogP contribution in [0.1, 0.15) is 5.56 Å². The number of para-hydroxylation sites is 2. The molecular weight excluding hydrogens is 398 g/mol. The predicted molar refractivity (Wildman–Crippen MR) is 108 cm³/mol. The molecule has 2 heterocycles. The van der Waals surface area contributed by atoms with Crippen LogP contribution in [0.15, 0.2) is 60.9 Å². The second-order valence-corrected chi connectivity index (χ2v) is 7.24. The highest BCUT2D eigenvalue weighted by Crippen LogP contribution is 2.25. The molecule has 0 fully saturated rings. The molecule has 6 N–H and O–H groups in total. The van der Waals surface area contributed by atoms with Gasteiger partial charge in [-0.3, -0.25) is 9.35 Å². The second-order valence-electron chi connectivity index (χ2n) is 6.22. The molecule has 0 aliphatic heterocycles. The van der Waals surface area contributed by atoms with Crippen LogP contribution < -0.4 is 9.92 Å². The van der Waals surface area contributed by atoms with Gasteiger partial charge in [-0.1, -0.05) is 30.3 Å². The molecule has 9 nitrogen and oxygen atoms in total. The van der Waals surface area contributed by atoms with Gasteiger partial charge in [-0.25, -0.2) is 0 Å². The second kappa shape index (κ2) is 8.35. The van der Waals surface area contributed by atoms with Crippen LogP contribution in [0, 0.1) is 0 Å². The average Bonchev–Trinajstić information content (AvgIpc) is 3.26. The van der Waals surface area contributed by atoms with Crippen LogP contribution >= 0.6 is 0 Å². The summed E-state index contributed by atoms with van der Waals surface area (Å²) in [5, 5.41) is 10.4. The predicted octanol–water partition coefficient (Wildman–Crippen LogP) is 2.47. The number of nitrogens with one attached hydrogen (secondary N) is 2. The van der Waals surface area contributed by atoms with Gasteiger partial charge in [-0.05, 0) is 23.8 Å². The minimum absolute atomic E-state index is 0.0862. The number of nitrogens with two attached hydrogens (primary N) is 1. The Hall–Kier alpha value is -3.34. The first-order valence-electron chi connectivity index (χ1n) is 8.51. The molecule has 0 spiro atoms. The van der Waals surface area contributed by atoms with Crippen molar-refractivity contribution in [2.45, 2.75) is 12.5 Å². The van der Waals surface area contributed by atoms with E-state index in [9.17, 15) is 13.2 Å². The first kappa shape index (κ1) is 20.4. The maximum absolute atomic E-state index is 10.6. The fourth-order valence-electron chi connectivity index (χ4n) is 2.85. The van der Waals surface area contributed by atoms with E-state index in [1.165, 1.54) is 6.20 Å². The molecular formula is C19H19N3O6S. The number of rotatable bonds is 5. The van der Waals surface area contributed by atoms with Gasteiger partial charge in [-0.15, -0.1) is 0 Å². The van der Waals surface area contributed by atoms with Crippen LogP contribution in [0.2, 0.25) is 0 Å². The van der Waals surface area contributed by atoms with Crippen molar-refractivity contribution in [3.8, 4) is 5.75 Å². The monoisotopic (exact) mass is 417 g/mol. The van der Waals surface area contributed by atoms with Crippen LogP contribution in [-0.4, -0.2) is 40.1 Å². The van der Waals surface area contributed by atoms with Crippen LogP contribution in [0.3, 0.4) is 0 Å². The summed E-state index contributed by atoms with van der Waals surface area (Å²) in [5.74, 6) is -0.886. The molecule has 4 aromatic rings. The summed E-state index contributed by atoms with van der Waals surface area (Å²) in [6.45, 7) is 0. The number of aliphatic carboxylic acids is 1. The van der Waals surface area contributed by atoms with Gasteiger partial charge in [0.15, 0.2) is 5.75 Å². The molecule has 0 saturated carbocycles. The number of carbonyl (C=O) groups is 1. The van der Waals surface area contributed by atoms with E-state index in [0.29, 0.717) is 11.8 Å². The number of fused-ring (bicyclic) bond motifs is 2. The molecule has 0 aliphatic rings. The standard InChI is InChI=1S/C11H12N2O2.C8H7NO4S/c12-9(11(14)15)5-7-6-13-10-4-2-1-3-8(7)10;10-14(11,12)13-8-5-9-7-4-2-1-3-6(7)8/h1-4,6,9,13H,5,12H2,(H,14,15);1-5,9H,(H,10,11,12). The van der Waals surface area contributed by atoms with Crippen molar-refractivity contribution < 1.29 is 27.1 Å². The Labute approximate surface area is 166 Å². The van der Waals surface area contributed by atoms with Crippen molar-refractivity contribution in [2.24, 2.45) is 5.73 Å². The molecule has 1 unspecified atom stereocenters. The van der Waals surface area contributed by atoms with Gasteiger partial charge in [0.05, 0.1) is 0 Å². The summed E-state index contributed by atoms with van der Waals surface area (Å²) >= 11 is 0. The number of aromatic amines is 2. The molecule has 152 valence electrons. The Morgan fingerprint density at radius 1 is 1.00 bits per heavy atom. The van der Waals surface area contributed by atoms with Crippen LogP contribution in [0.5, 0.6) is 5.75 Å². The molecule has 0 aliphatic carbocycles. The molecule has 10 heteroatoms. The zero-order valence-corrected chi connectivity index (χ0v) is 15.9. The molecule has 0 saturated heterocycles. The fourth-order valence-corrected chi connectivity index (χ4v) is 3.22. The first-order chi connectivity index (χ1) is 13.7. The van der Waals surface area contributed by atoms with Crippen molar-refractivity contribution in [2.75, 3.05) is 0 Å². The van der Waals surface area contributed by atoms with Gasteiger partial charge in [0, 0.05) is 40.6 Å². The van der Waals surface area contributed by atoms with Gasteiger partial charge >= 0.3 is 16.4 Å². The molecule has 1 atom stereocenters. The summed E-state index contributed by atoms with van der Waals surface area (Å²) in [5.41, 5.74) is 8.18. The Balaban J connectivity index is 0.000000166. The van der Waals surface area contributed by atoms with Gasteiger partial charge in [-0.2, -0.15) is 8.42 Å². The van der Waals surface area contributed by atoms with Crippen molar-refractivity contribution in [1.29, 1.82) is 0 Å². The summed E-state index contributed by atoms with van der Waals surface area (Å²) in [4.78, 5) is 16.5. The zero-order valence-electron chi connectivity index (χ0n) is 15.1. The Morgan fingerprint density at radius 3 is 2.17 bits per heavy atom. The highest BCUT2D eigenvalue weighted by atomic mass is 32.3. The van der Waals surface area contributed by atoms with E-state index < -0.39 is 22.4 Å². The largest absolute Gasteiger partial charge is 0.480 e. The van der Waals surface area contributed by atoms with E-state index in [-0.39, 0.29) is 5.75 Å². The van der Waals surface area contributed by atoms with Gasteiger partial charge in [0.25, 0.3) is 0 Å². The molecule has 0 radical (unpaired) electrons. The number of carboxylic acid groups (broad SMARTS) is 1. The summed E-state index contributed by atoms with van der Waals surface area (Å²) in [7, 11) is -4.46. The summed E-state index contributed by atoms with van der Waals surface area (Å²) in [6.07, 6.45) is 3.53. The Morgan fingerprint density at radius 2 is 1.55 bits per heavy atom. The summed E-state index contributed by atoms with van der Waals surface area (Å²) < 4.78 is 33.8. The number of benzene rings is 2. The minimum Gasteiger partial charge on any atom is -0.480 e. The third-order valence-electron chi connectivity index (χ3n) is 4.18. The van der Waals surface area contributed by atoms with Crippen molar-refractivity contribution in [3.63, 3.8) is 0 Å². The Bertz CT molecular complexity index is 1250. The molecule has 4 rings (SSSR count). The SMILES string of the molecule is NC(Cc1c[nH]c2ccccc12)C(=O)O.O=S(=O)(O)Oc1c[nH]c2ccccc12. The highest BCUT2D eigenvalue weighted by Gasteiger charge is 2.14. The smallest absolute Gasteiger partial charge is 0.446 e. The van der Waals surface area contributed by atoms with Crippen molar-refractivity contribution in [3.05, 3.63) is 66.5 Å². The third kappa shape index (κ3) is 5.13. The number of carboxylic acids is 1. The van der Waals surface area contributed by atoms with E-state index in [2.05, 4.69) is 14.2 Å². The highest BCUT2D eigenvalue weighted by molar-refractivity contribution is 7.81. The topological polar surface area (TPSA) is 158 Å². The quantitative estimate of drug-likeness (QED) is 0.312. The maximum Gasteiger partial charge on any atom is 0.446 e. The molecule has 2 aromatic heterocycles. The summed E-state index contributed by atoms with van der Waals surface area (Å²) in [6, 6.07) is 13.9. The number of hydrogen-bond acceptors (Lipinski definition) is 5. The third-order valence-corrected chi connectivity index (χ3v) is 4.57. The van der Waals surface area contributed by atoms with Crippen molar-refractivity contribution in [1.82, 2.24) is 9.97 Å². The number of hydrogen-bond donors (Lipinski definition) is 5. The minimum atomic E-state index is -4.46. The molecule has 0 bridgehead atoms. The van der Waals surface area contributed by atoms with E-state index in [1.807, 2.05) is 30.5 Å². The first-order valence-corrected chi connectivity index (χ1v) is 9.87. The average molecular weight is 417 g/mol. The van der Waals surface area contributed by atoms with Gasteiger partial charge in [0.2, 0.25) is 0 Å². The lowest BCUT2D eigenvalue weighted by Gasteiger charge is -2.04. The molecule has 2 aromatic carbocycles. The lowest BCUT2D eigenvalue weighted by molar-refractivity contribution is -0.138.